The Morgan fingerprint density at radius 3 is 2.50 bits per heavy atom. The molecule has 0 aromatic heterocycles. The van der Waals surface area contributed by atoms with Crippen LogP contribution in [-0.2, 0) is 4.79 Å². The van der Waals surface area contributed by atoms with Crippen LogP contribution in [0.15, 0.2) is 24.3 Å². The molecule has 0 aliphatic carbocycles. The van der Waals surface area contributed by atoms with E-state index in [0.717, 1.165) is 30.6 Å². The van der Waals surface area contributed by atoms with Crippen molar-refractivity contribution in [2.75, 3.05) is 26.4 Å². The molecule has 2 rings (SSSR count). The number of methoxy groups -OCH3 is 1. The minimum Gasteiger partial charge on any atom is -0.497 e. The van der Waals surface area contributed by atoms with Crippen LogP contribution < -0.4 is 10.1 Å². The molecule has 20 heavy (non-hydrogen) atoms. The molecule has 1 fully saturated rings. The number of benzene rings is 1. The SMILES string of the molecule is COc1ccc(C2C(=O)NCCN2C[Si](C)(C)C)cc1. The molecule has 1 atom stereocenters. The lowest BCUT2D eigenvalue weighted by Gasteiger charge is -2.38. The number of carbonyl (C=O) groups excluding carboxylic acids is 1. The third-order valence-corrected chi connectivity index (χ3v) is 4.78. The van der Waals surface area contributed by atoms with E-state index in [2.05, 4.69) is 29.9 Å². The average Bonchev–Trinajstić information content (AvgIpc) is 2.37. The molecular formula is C15H24N2O2Si. The van der Waals surface area contributed by atoms with Gasteiger partial charge in [0.05, 0.1) is 15.2 Å². The molecule has 1 N–H and O–H groups in total. The van der Waals surface area contributed by atoms with E-state index in [-0.39, 0.29) is 11.9 Å². The molecule has 5 heteroatoms. The summed E-state index contributed by atoms with van der Waals surface area (Å²) >= 11 is 0. The smallest absolute Gasteiger partial charge is 0.241 e. The molecule has 1 saturated heterocycles. The zero-order chi connectivity index (χ0) is 14.8. The van der Waals surface area contributed by atoms with E-state index in [1.54, 1.807) is 7.11 Å². The minimum absolute atomic E-state index is 0.111. The first-order valence-corrected chi connectivity index (χ1v) is 10.8. The van der Waals surface area contributed by atoms with E-state index in [4.69, 9.17) is 4.74 Å². The van der Waals surface area contributed by atoms with Crippen molar-refractivity contribution in [3.05, 3.63) is 29.8 Å². The van der Waals surface area contributed by atoms with Gasteiger partial charge in [0.1, 0.15) is 11.8 Å². The lowest BCUT2D eigenvalue weighted by Crippen LogP contribution is -2.54. The second-order valence-corrected chi connectivity index (χ2v) is 11.9. The summed E-state index contributed by atoms with van der Waals surface area (Å²) < 4.78 is 5.18. The quantitative estimate of drug-likeness (QED) is 0.864. The lowest BCUT2D eigenvalue weighted by atomic mass is 10.0. The Morgan fingerprint density at radius 2 is 1.95 bits per heavy atom. The molecule has 1 aromatic carbocycles. The second-order valence-electron chi connectivity index (χ2n) is 6.50. The van der Waals surface area contributed by atoms with Crippen LogP contribution >= 0.6 is 0 Å². The van der Waals surface area contributed by atoms with Crippen LogP contribution in [0.3, 0.4) is 0 Å². The fraction of sp³-hybridized carbons (Fsp3) is 0.533. The summed E-state index contributed by atoms with van der Waals surface area (Å²) in [6.45, 7) is 8.68. The number of hydrogen-bond donors (Lipinski definition) is 1. The topological polar surface area (TPSA) is 41.6 Å². The van der Waals surface area contributed by atoms with Gasteiger partial charge in [0.15, 0.2) is 0 Å². The Bertz CT molecular complexity index is 468. The molecule has 1 heterocycles. The number of hydrogen-bond acceptors (Lipinski definition) is 3. The largest absolute Gasteiger partial charge is 0.497 e. The maximum Gasteiger partial charge on any atom is 0.241 e. The Morgan fingerprint density at radius 1 is 1.30 bits per heavy atom. The van der Waals surface area contributed by atoms with Crippen molar-refractivity contribution >= 4 is 14.0 Å². The molecule has 1 amide bonds. The zero-order valence-electron chi connectivity index (χ0n) is 12.8. The standard InChI is InChI=1S/C15H24N2O2Si/c1-19-13-7-5-12(6-8-13)14-15(18)16-9-10-17(14)11-20(2,3)4/h5-8,14H,9-11H2,1-4H3,(H,16,18). The van der Waals surface area contributed by atoms with E-state index in [9.17, 15) is 4.79 Å². The molecule has 1 aliphatic heterocycles. The molecule has 110 valence electrons. The first-order chi connectivity index (χ1) is 9.40. The molecule has 4 nitrogen and oxygen atoms in total. The summed E-state index contributed by atoms with van der Waals surface area (Å²) in [6, 6.07) is 7.66. The Balaban J connectivity index is 2.24. The summed E-state index contributed by atoms with van der Waals surface area (Å²) in [7, 11) is 0.407. The van der Waals surface area contributed by atoms with Crippen LogP contribution in [0.25, 0.3) is 0 Å². The second kappa shape index (κ2) is 5.97. The summed E-state index contributed by atoms with van der Waals surface area (Å²) in [5, 5.41) is 2.98. The Hall–Kier alpha value is -1.33. The normalized spacial score (nSPS) is 20.6. The zero-order valence-corrected chi connectivity index (χ0v) is 13.8. The predicted molar refractivity (Wildman–Crippen MR) is 83.7 cm³/mol. The number of rotatable bonds is 4. The third-order valence-electron chi connectivity index (χ3n) is 3.42. The van der Waals surface area contributed by atoms with Crippen molar-refractivity contribution in [1.29, 1.82) is 0 Å². The summed E-state index contributed by atoms with van der Waals surface area (Å²) in [6.07, 6.45) is 1.04. The van der Waals surface area contributed by atoms with E-state index in [1.165, 1.54) is 0 Å². The highest BCUT2D eigenvalue weighted by Crippen LogP contribution is 2.26. The van der Waals surface area contributed by atoms with Gasteiger partial charge in [-0.25, -0.2) is 0 Å². The average molecular weight is 292 g/mol. The van der Waals surface area contributed by atoms with Gasteiger partial charge in [0, 0.05) is 13.1 Å². The fourth-order valence-corrected chi connectivity index (χ4v) is 4.20. The van der Waals surface area contributed by atoms with E-state index in [0.29, 0.717) is 0 Å². The van der Waals surface area contributed by atoms with Crippen molar-refractivity contribution in [1.82, 2.24) is 10.2 Å². The van der Waals surface area contributed by atoms with Crippen LogP contribution in [-0.4, -0.2) is 45.2 Å². The number of amides is 1. The van der Waals surface area contributed by atoms with E-state index < -0.39 is 8.07 Å². The number of carbonyl (C=O) groups is 1. The monoisotopic (exact) mass is 292 g/mol. The van der Waals surface area contributed by atoms with Crippen molar-refractivity contribution in [3.8, 4) is 5.75 Å². The van der Waals surface area contributed by atoms with Crippen LogP contribution in [0, 0.1) is 0 Å². The maximum absolute atomic E-state index is 12.3. The molecule has 0 spiro atoms. The van der Waals surface area contributed by atoms with Crippen LogP contribution in [0.2, 0.25) is 19.6 Å². The third kappa shape index (κ3) is 3.61. The van der Waals surface area contributed by atoms with Gasteiger partial charge in [-0.3, -0.25) is 9.69 Å². The maximum atomic E-state index is 12.3. The van der Waals surface area contributed by atoms with E-state index >= 15 is 0 Å². The Labute approximate surface area is 122 Å². The first-order valence-electron chi connectivity index (χ1n) is 7.06. The van der Waals surface area contributed by atoms with Crippen molar-refractivity contribution < 1.29 is 9.53 Å². The van der Waals surface area contributed by atoms with Gasteiger partial charge in [-0.2, -0.15) is 0 Å². The van der Waals surface area contributed by atoms with Gasteiger partial charge in [0.2, 0.25) is 5.91 Å². The highest BCUT2D eigenvalue weighted by molar-refractivity contribution is 6.76. The van der Waals surface area contributed by atoms with Crippen molar-refractivity contribution in [2.45, 2.75) is 25.7 Å². The van der Waals surface area contributed by atoms with Gasteiger partial charge < -0.3 is 10.1 Å². The highest BCUT2D eigenvalue weighted by Gasteiger charge is 2.33. The van der Waals surface area contributed by atoms with Gasteiger partial charge in [-0.1, -0.05) is 31.8 Å². The first kappa shape index (κ1) is 15.1. The number of piperazine rings is 1. The Kier molecular flexibility index (Phi) is 4.50. The number of nitrogens with zero attached hydrogens (tertiary/aromatic N) is 1. The molecular weight excluding hydrogens is 268 g/mol. The number of nitrogens with one attached hydrogen (secondary N) is 1. The molecule has 0 bridgehead atoms. The van der Waals surface area contributed by atoms with Gasteiger partial charge in [0.25, 0.3) is 0 Å². The van der Waals surface area contributed by atoms with Crippen LogP contribution in [0.1, 0.15) is 11.6 Å². The molecule has 1 aromatic rings. The predicted octanol–water partition coefficient (Wildman–Crippen LogP) is 2.05. The molecule has 1 aliphatic rings. The van der Waals surface area contributed by atoms with Crippen LogP contribution in [0.4, 0.5) is 0 Å². The van der Waals surface area contributed by atoms with Crippen molar-refractivity contribution in [2.24, 2.45) is 0 Å². The number of ether oxygens (including phenoxy) is 1. The molecule has 0 saturated carbocycles. The van der Waals surface area contributed by atoms with Gasteiger partial charge in [-0.15, -0.1) is 0 Å². The van der Waals surface area contributed by atoms with Crippen molar-refractivity contribution in [3.63, 3.8) is 0 Å². The van der Waals surface area contributed by atoms with Gasteiger partial charge in [-0.05, 0) is 23.9 Å². The molecule has 1 unspecified atom stereocenters. The highest BCUT2D eigenvalue weighted by atomic mass is 28.3. The minimum atomic E-state index is -1.25. The van der Waals surface area contributed by atoms with Gasteiger partial charge >= 0.3 is 0 Å². The lowest BCUT2D eigenvalue weighted by molar-refractivity contribution is -0.128. The van der Waals surface area contributed by atoms with E-state index in [1.807, 2.05) is 24.3 Å². The fourth-order valence-electron chi connectivity index (χ4n) is 2.64. The summed E-state index contributed by atoms with van der Waals surface area (Å²) in [5.41, 5.74) is 1.04. The van der Waals surface area contributed by atoms with Crippen LogP contribution in [0.5, 0.6) is 5.75 Å². The molecule has 0 radical (unpaired) electrons. The summed E-state index contributed by atoms with van der Waals surface area (Å²) in [5.74, 6) is 0.932. The summed E-state index contributed by atoms with van der Waals surface area (Å²) in [4.78, 5) is 14.6.